The van der Waals surface area contributed by atoms with E-state index in [9.17, 15) is 22.8 Å². The number of nitrogens with zero attached hydrogens (tertiary/aromatic N) is 3. The second-order valence-corrected chi connectivity index (χ2v) is 4.35. The summed E-state index contributed by atoms with van der Waals surface area (Å²) in [6.45, 7) is 0.127. The van der Waals surface area contributed by atoms with Crippen LogP contribution >= 0.6 is 0 Å². The van der Waals surface area contributed by atoms with Gasteiger partial charge in [0.05, 0.1) is 6.54 Å². The third kappa shape index (κ3) is 4.56. The summed E-state index contributed by atoms with van der Waals surface area (Å²) < 4.78 is 31.7. The van der Waals surface area contributed by atoms with Crippen molar-refractivity contribution in [2.75, 3.05) is 18.5 Å². The van der Waals surface area contributed by atoms with E-state index in [4.69, 9.17) is 15.0 Å². The van der Waals surface area contributed by atoms with Crippen molar-refractivity contribution in [3.8, 4) is 0 Å². The highest BCUT2D eigenvalue weighted by Crippen LogP contribution is 2.20. The fourth-order valence-electron chi connectivity index (χ4n) is 1.65. The maximum atomic E-state index is 11.8. The molecule has 2 heterocycles. The summed E-state index contributed by atoms with van der Waals surface area (Å²) in [6.07, 6.45) is -3.52. The fourth-order valence-corrected chi connectivity index (χ4v) is 1.65. The molecule has 1 atom stereocenters. The van der Waals surface area contributed by atoms with Gasteiger partial charge in [0, 0.05) is 13.2 Å². The molecule has 8 nitrogen and oxygen atoms in total. The number of amides is 2. The monoisotopic (exact) mass is 335 g/mol. The van der Waals surface area contributed by atoms with Crippen LogP contribution in [0.3, 0.4) is 0 Å². The summed E-state index contributed by atoms with van der Waals surface area (Å²) in [5.74, 6) is -3.29. The Bertz CT molecular complexity index is 593. The third-order valence-corrected chi connectivity index (χ3v) is 2.81. The number of urea groups is 1. The fraction of sp³-hybridized carbons (Fsp3) is 0.333. The highest BCUT2D eigenvalue weighted by atomic mass is 19.4. The molecule has 1 fully saturated rings. The van der Waals surface area contributed by atoms with Crippen LogP contribution in [0.15, 0.2) is 24.4 Å². The topological polar surface area (TPSA) is 111 Å². The molecule has 0 aliphatic carbocycles. The first-order chi connectivity index (χ1) is 10.6. The van der Waals surface area contributed by atoms with Crippen LogP contribution in [0, 0.1) is 0 Å². The zero-order valence-corrected chi connectivity index (χ0v) is 11.7. The number of likely N-dealkylation sites (N-methyl/N-ethyl adjacent to an activating group) is 1. The average Bonchev–Trinajstić information content (AvgIpc) is 2.76. The van der Waals surface area contributed by atoms with Crippen LogP contribution in [-0.4, -0.2) is 63.9 Å². The van der Waals surface area contributed by atoms with E-state index in [1.165, 1.54) is 16.8 Å². The number of carbonyl (C=O) groups is 3. The summed E-state index contributed by atoms with van der Waals surface area (Å²) in [5.41, 5.74) is 0. The Kier molecular flexibility index (Phi) is 5.49. The van der Waals surface area contributed by atoms with Crippen LogP contribution in [0.2, 0.25) is 0 Å². The SMILES string of the molecule is CN1C(=O)N(c2ccccn2)CC1C(=O)O.O=C(O)C(F)(F)F. The van der Waals surface area contributed by atoms with Crippen LogP contribution in [0.5, 0.6) is 0 Å². The molecule has 0 saturated carbocycles. The molecule has 0 bridgehead atoms. The average molecular weight is 335 g/mol. The lowest BCUT2D eigenvalue weighted by atomic mass is 10.3. The maximum Gasteiger partial charge on any atom is 0.490 e. The minimum absolute atomic E-state index is 0.127. The number of pyridine rings is 1. The van der Waals surface area contributed by atoms with Gasteiger partial charge in [0.1, 0.15) is 11.9 Å². The number of carboxylic acid groups (broad SMARTS) is 2. The highest BCUT2D eigenvalue weighted by molar-refractivity contribution is 5.98. The van der Waals surface area contributed by atoms with Crippen LogP contribution in [0.25, 0.3) is 0 Å². The van der Waals surface area contributed by atoms with Gasteiger partial charge >= 0.3 is 24.1 Å². The first-order valence-corrected chi connectivity index (χ1v) is 6.04. The molecular weight excluding hydrogens is 323 g/mol. The summed E-state index contributed by atoms with van der Waals surface area (Å²) in [6, 6.07) is 4.02. The van der Waals surface area contributed by atoms with Gasteiger partial charge in [-0.2, -0.15) is 13.2 Å². The standard InChI is InChI=1S/C10H11N3O3.C2HF3O2/c1-12-7(9(14)15)6-13(10(12)16)8-4-2-3-5-11-8;3-2(4,5)1(6)7/h2-5,7H,6H2,1H3,(H,14,15);(H,6,7). The van der Waals surface area contributed by atoms with Gasteiger partial charge in [-0.25, -0.2) is 19.4 Å². The van der Waals surface area contributed by atoms with Crippen molar-refractivity contribution >= 4 is 23.8 Å². The second kappa shape index (κ2) is 6.94. The highest BCUT2D eigenvalue weighted by Gasteiger charge is 2.40. The number of aromatic nitrogens is 1. The second-order valence-electron chi connectivity index (χ2n) is 4.35. The van der Waals surface area contributed by atoms with Crippen molar-refractivity contribution in [3.63, 3.8) is 0 Å². The normalized spacial score (nSPS) is 17.6. The van der Waals surface area contributed by atoms with Crippen molar-refractivity contribution in [2.24, 2.45) is 0 Å². The molecule has 2 rings (SSSR count). The molecule has 1 aromatic heterocycles. The van der Waals surface area contributed by atoms with Crippen molar-refractivity contribution in [1.82, 2.24) is 9.88 Å². The van der Waals surface area contributed by atoms with Crippen molar-refractivity contribution in [3.05, 3.63) is 24.4 Å². The minimum Gasteiger partial charge on any atom is -0.480 e. The van der Waals surface area contributed by atoms with Crippen LogP contribution in [-0.2, 0) is 9.59 Å². The third-order valence-electron chi connectivity index (χ3n) is 2.81. The minimum atomic E-state index is -5.08. The maximum absolute atomic E-state index is 11.8. The number of hydrogen-bond acceptors (Lipinski definition) is 4. The predicted molar refractivity (Wildman–Crippen MR) is 69.9 cm³/mol. The Labute approximate surface area is 127 Å². The molecule has 11 heteroatoms. The smallest absolute Gasteiger partial charge is 0.480 e. The predicted octanol–water partition coefficient (Wildman–Crippen LogP) is 1.04. The van der Waals surface area contributed by atoms with Crippen molar-refractivity contribution in [1.29, 1.82) is 0 Å². The summed E-state index contributed by atoms with van der Waals surface area (Å²) in [7, 11) is 1.48. The molecule has 1 aromatic rings. The number of aliphatic carboxylic acids is 2. The van der Waals surface area contributed by atoms with E-state index in [1.54, 1.807) is 24.4 Å². The van der Waals surface area contributed by atoms with Crippen LogP contribution in [0.1, 0.15) is 0 Å². The number of rotatable bonds is 2. The number of alkyl halides is 3. The lowest BCUT2D eigenvalue weighted by Crippen LogP contribution is -2.36. The first kappa shape index (κ1) is 18.2. The summed E-state index contributed by atoms with van der Waals surface area (Å²) >= 11 is 0. The molecule has 2 amide bonds. The van der Waals surface area contributed by atoms with E-state index in [0.717, 1.165) is 0 Å². The van der Waals surface area contributed by atoms with E-state index in [0.29, 0.717) is 5.82 Å². The molecule has 0 radical (unpaired) electrons. The summed E-state index contributed by atoms with van der Waals surface area (Å²) in [5, 5.41) is 16.1. The molecule has 0 spiro atoms. The van der Waals surface area contributed by atoms with E-state index in [2.05, 4.69) is 4.98 Å². The van der Waals surface area contributed by atoms with Gasteiger partial charge in [0.2, 0.25) is 0 Å². The molecule has 0 aromatic carbocycles. The van der Waals surface area contributed by atoms with Gasteiger partial charge in [-0.1, -0.05) is 6.07 Å². The van der Waals surface area contributed by atoms with Crippen LogP contribution < -0.4 is 4.90 Å². The van der Waals surface area contributed by atoms with E-state index in [-0.39, 0.29) is 12.6 Å². The molecule has 1 unspecified atom stereocenters. The Morgan fingerprint density at radius 1 is 1.30 bits per heavy atom. The molecule has 23 heavy (non-hydrogen) atoms. The van der Waals surface area contributed by atoms with Gasteiger partial charge in [-0.15, -0.1) is 0 Å². The Hall–Kier alpha value is -2.85. The quantitative estimate of drug-likeness (QED) is 0.835. The molecule has 2 N–H and O–H groups in total. The summed E-state index contributed by atoms with van der Waals surface area (Å²) in [4.78, 5) is 38.1. The molecule has 1 aliphatic heterocycles. The van der Waals surface area contributed by atoms with Crippen molar-refractivity contribution < 1.29 is 37.8 Å². The van der Waals surface area contributed by atoms with Gasteiger partial charge in [0.25, 0.3) is 0 Å². The zero-order chi connectivity index (χ0) is 17.8. The largest absolute Gasteiger partial charge is 0.490 e. The lowest BCUT2D eigenvalue weighted by Gasteiger charge is -2.14. The molecular formula is C12H12F3N3O5. The number of halogens is 3. The zero-order valence-electron chi connectivity index (χ0n) is 11.7. The Morgan fingerprint density at radius 2 is 1.87 bits per heavy atom. The molecule has 1 saturated heterocycles. The number of anilines is 1. The van der Waals surface area contributed by atoms with Crippen LogP contribution in [0.4, 0.5) is 23.8 Å². The van der Waals surface area contributed by atoms with Gasteiger partial charge in [0.15, 0.2) is 0 Å². The first-order valence-electron chi connectivity index (χ1n) is 6.04. The van der Waals surface area contributed by atoms with Crippen molar-refractivity contribution in [2.45, 2.75) is 12.2 Å². The number of hydrogen-bond donors (Lipinski definition) is 2. The number of carbonyl (C=O) groups excluding carboxylic acids is 1. The molecule has 126 valence electrons. The Morgan fingerprint density at radius 3 is 2.22 bits per heavy atom. The lowest BCUT2D eigenvalue weighted by molar-refractivity contribution is -0.192. The van der Waals surface area contributed by atoms with Gasteiger partial charge in [-0.05, 0) is 12.1 Å². The van der Waals surface area contributed by atoms with E-state index < -0.39 is 24.2 Å². The van der Waals surface area contributed by atoms with E-state index in [1.807, 2.05) is 0 Å². The molecule has 1 aliphatic rings. The van der Waals surface area contributed by atoms with E-state index >= 15 is 0 Å². The van der Waals surface area contributed by atoms with Gasteiger partial charge in [-0.3, -0.25) is 4.90 Å². The number of carboxylic acids is 2. The van der Waals surface area contributed by atoms with Gasteiger partial charge < -0.3 is 15.1 Å². The Balaban J connectivity index is 0.000000322.